The molecule has 2 amide bonds. The first-order valence-corrected chi connectivity index (χ1v) is 8.98. The van der Waals surface area contributed by atoms with Gasteiger partial charge in [0.15, 0.2) is 0 Å². The molecule has 1 fully saturated rings. The molecule has 156 valence electrons. The fourth-order valence-corrected chi connectivity index (χ4v) is 3.16. The smallest absolute Gasteiger partial charge is 0.271 e. The minimum absolute atomic E-state index is 0.0383. The molecule has 1 aromatic rings. The summed E-state index contributed by atoms with van der Waals surface area (Å²) in [4.78, 5) is 30.2. The number of carbonyl (C=O) groups excluding carboxylic acids is 2. The van der Waals surface area contributed by atoms with Crippen molar-refractivity contribution in [3.63, 3.8) is 0 Å². The lowest BCUT2D eigenvalue weighted by molar-refractivity contribution is -0.139. The summed E-state index contributed by atoms with van der Waals surface area (Å²) >= 11 is 0. The van der Waals surface area contributed by atoms with Crippen molar-refractivity contribution in [1.29, 1.82) is 0 Å². The Labute approximate surface area is 166 Å². The van der Waals surface area contributed by atoms with Crippen molar-refractivity contribution in [3.05, 3.63) is 48.1 Å². The second kappa shape index (κ2) is 8.26. The van der Waals surface area contributed by atoms with Crippen LogP contribution in [0.25, 0.3) is 0 Å². The van der Waals surface area contributed by atoms with E-state index >= 15 is 0 Å². The van der Waals surface area contributed by atoms with E-state index in [4.69, 9.17) is 9.57 Å². The Hall–Kier alpha value is -2.85. The Morgan fingerprint density at radius 2 is 2.00 bits per heavy atom. The number of ether oxygens (including phenoxy) is 1. The molecule has 0 saturated carbocycles. The second-order valence-electron chi connectivity index (χ2n) is 7.16. The average Bonchev–Trinajstić information content (AvgIpc) is 3.28. The summed E-state index contributed by atoms with van der Waals surface area (Å²) in [6.07, 6.45) is 0.861. The number of amides is 2. The molecule has 2 N–H and O–H groups in total. The minimum atomic E-state index is -1.51. The van der Waals surface area contributed by atoms with Gasteiger partial charge in [-0.3, -0.25) is 15.0 Å². The van der Waals surface area contributed by atoms with Gasteiger partial charge in [-0.1, -0.05) is 11.7 Å². The highest BCUT2D eigenvalue weighted by Gasteiger charge is 2.46. The van der Waals surface area contributed by atoms with Gasteiger partial charge >= 0.3 is 0 Å². The number of nitrogens with zero attached hydrogens (tertiary/aromatic N) is 2. The van der Waals surface area contributed by atoms with Gasteiger partial charge in [0.2, 0.25) is 5.60 Å². The molecular weight excluding hydrogens is 386 g/mol. The maximum absolute atomic E-state index is 13.5. The predicted molar refractivity (Wildman–Crippen MR) is 99.6 cm³/mol. The number of benzene rings is 1. The topological polar surface area (TPSA) is 92.3 Å². The van der Waals surface area contributed by atoms with Crippen LogP contribution in [0, 0.1) is 11.6 Å². The molecule has 1 saturated heterocycles. The largest absolute Gasteiger partial charge is 0.374 e. The summed E-state index contributed by atoms with van der Waals surface area (Å²) in [5.41, 5.74) is 1.50. The Bertz CT molecular complexity index is 840. The van der Waals surface area contributed by atoms with Gasteiger partial charge in [0.25, 0.3) is 11.8 Å². The van der Waals surface area contributed by atoms with Crippen LogP contribution in [-0.4, -0.2) is 61.0 Å². The third-order valence-electron chi connectivity index (χ3n) is 4.62. The van der Waals surface area contributed by atoms with E-state index in [1.165, 1.54) is 11.1 Å². The van der Waals surface area contributed by atoms with Crippen molar-refractivity contribution in [1.82, 2.24) is 15.8 Å². The van der Waals surface area contributed by atoms with Crippen LogP contribution in [0.15, 0.2) is 36.0 Å². The summed E-state index contributed by atoms with van der Waals surface area (Å²) in [5.74, 6) is -2.34. The Balaban J connectivity index is 1.63. The van der Waals surface area contributed by atoms with E-state index in [1.807, 2.05) is 0 Å². The predicted octanol–water partition coefficient (Wildman–Crippen LogP) is 0.881. The zero-order chi connectivity index (χ0) is 21.2. The van der Waals surface area contributed by atoms with Crippen LogP contribution in [0.2, 0.25) is 0 Å². The van der Waals surface area contributed by atoms with Gasteiger partial charge in [0, 0.05) is 38.6 Å². The minimum Gasteiger partial charge on any atom is -0.374 e. The Kier molecular flexibility index (Phi) is 5.94. The molecule has 29 heavy (non-hydrogen) atoms. The van der Waals surface area contributed by atoms with Crippen LogP contribution >= 0.6 is 0 Å². The standard InChI is InChI=1S/C19H22F2N4O4/c1-4-19(9-15(24-29-19)11-5-12(20)7-13(21)6-11)18(27)22-14-8-16(28-10-14)17(26)23-25(2)3/h4-7,14,16H,1,8-10H2,2-3H3,(H,22,27)(H,23,26)/t14-,16-,19+/m0/s1. The first-order chi connectivity index (χ1) is 13.7. The van der Waals surface area contributed by atoms with E-state index in [0.717, 1.165) is 18.2 Å². The fourth-order valence-electron chi connectivity index (χ4n) is 3.16. The molecule has 0 aromatic heterocycles. The van der Waals surface area contributed by atoms with E-state index in [9.17, 15) is 18.4 Å². The summed E-state index contributed by atoms with van der Waals surface area (Å²) < 4.78 is 32.4. The summed E-state index contributed by atoms with van der Waals surface area (Å²) in [6.45, 7) is 3.80. The van der Waals surface area contributed by atoms with Gasteiger partial charge in [-0.15, -0.1) is 0 Å². The van der Waals surface area contributed by atoms with E-state index in [0.29, 0.717) is 6.42 Å². The van der Waals surface area contributed by atoms with Crippen LogP contribution in [0.3, 0.4) is 0 Å². The van der Waals surface area contributed by atoms with Gasteiger partial charge in [0.05, 0.1) is 18.4 Å². The molecule has 10 heteroatoms. The first kappa shape index (κ1) is 20.9. The molecule has 0 spiro atoms. The van der Waals surface area contributed by atoms with Crippen molar-refractivity contribution in [2.45, 2.75) is 30.6 Å². The lowest BCUT2D eigenvalue weighted by Gasteiger charge is -2.23. The zero-order valence-corrected chi connectivity index (χ0v) is 16.1. The van der Waals surface area contributed by atoms with E-state index in [2.05, 4.69) is 22.5 Å². The van der Waals surface area contributed by atoms with Crippen molar-refractivity contribution in [3.8, 4) is 0 Å². The molecule has 2 heterocycles. The third kappa shape index (κ3) is 4.60. The molecule has 8 nitrogen and oxygen atoms in total. The van der Waals surface area contributed by atoms with Gasteiger partial charge in [0.1, 0.15) is 17.7 Å². The zero-order valence-electron chi connectivity index (χ0n) is 16.1. The number of hydrogen-bond acceptors (Lipinski definition) is 6. The number of nitrogens with one attached hydrogen (secondary N) is 2. The molecule has 2 aliphatic rings. The van der Waals surface area contributed by atoms with Crippen LogP contribution in [-0.2, 0) is 19.2 Å². The second-order valence-corrected chi connectivity index (χ2v) is 7.16. The summed E-state index contributed by atoms with van der Waals surface area (Å²) in [5, 5.41) is 8.11. The lowest BCUT2D eigenvalue weighted by Crippen LogP contribution is -2.50. The normalized spacial score (nSPS) is 26.0. The number of hydrazine groups is 1. The number of carbonyl (C=O) groups is 2. The highest BCUT2D eigenvalue weighted by Crippen LogP contribution is 2.29. The molecule has 0 unspecified atom stereocenters. The van der Waals surface area contributed by atoms with Crippen molar-refractivity contribution in [2.24, 2.45) is 5.16 Å². The number of oxime groups is 1. The number of hydrogen-bond donors (Lipinski definition) is 2. The fraction of sp³-hybridized carbons (Fsp3) is 0.421. The maximum atomic E-state index is 13.5. The molecule has 3 atom stereocenters. The van der Waals surface area contributed by atoms with Crippen molar-refractivity contribution in [2.75, 3.05) is 20.7 Å². The van der Waals surface area contributed by atoms with Crippen molar-refractivity contribution >= 4 is 17.5 Å². The van der Waals surface area contributed by atoms with Crippen LogP contribution in [0.4, 0.5) is 8.78 Å². The van der Waals surface area contributed by atoms with E-state index in [-0.39, 0.29) is 30.2 Å². The number of rotatable bonds is 6. The van der Waals surface area contributed by atoms with Gasteiger partial charge in [-0.25, -0.2) is 13.8 Å². The third-order valence-corrected chi connectivity index (χ3v) is 4.62. The van der Waals surface area contributed by atoms with E-state index < -0.39 is 35.3 Å². The first-order valence-electron chi connectivity index (χ1n) is 8.98. The summed E-state index contributed by atoms with van der Waals surface area (Å²) in [6, 6.07) is 2.56. The Morgan fingerprint density at radius 3 is 2.62 bits per heavy atom. The van der Waals surface area contributed by atoms with Crippen molar-refractivity contribution < 1.29 is 27.9 Å². The average molecular weight is 408 g/mol. The van der Waals surface area contributed by atoms with E-state index in [1.54, 1.807) is 14.1 Å². The SMILES string of the molecule is C=C[C@]1(C(=O)N[C@@H]2CO[C@H](C(=O)NN(C)C)C2)CC(c2cc(F)cc(F)c2)=NO1. The highest BCUT2D eigenvalue weighted by atomic mass is 19.1. The van der Waals surface area contributed by atoms with Crippen LogP contribution in [0.1, 0.15) is 18.4 Å². The van der Waals surface area contributed by atoms with Gasteiger partial charge in [-0.05, 0) is 18.2 Å². The number of halogens is 2. The summed E-state index contributed by atoms with van der Waals surface area (Å²) in [7, 11) is 3.36. The van der Waals surface area contributed by atoms with Crippen LogP contribution < -0.4 is 10.7 Å². The van der Waals surface area contributed by atoms with Crippen LogP contribution in [0.5, 0.6) is 0 Å². The lowest BCUT2D eigenvalue weighted by atomic mass is 9.92. The maximum Gasteiger partial charge on any atom is 0.271 e. The molecule has 1 aromatic carbocycles. The molecule has 3 rings (SSSR count). The quantitative estimate of drug-likeness (QED) is 0.539. The molecular formula is C19H22F2N4O4. The van der Waals surface area contributed by atoms with Gasteiger partial charge in [-0.2, -0.15) is 0 Å². The molecule has 2 aliphatic heterocycles. The molecule has 0 radical (unpaired) electrons. The molecule has 0 bridgehead atoms. The Morgan fingerprint density at radius 1 is 1.31 bits per heavy atom. The van der Waals surface area contributed by atoms with Gasteiger partial charge < -0.3 is 14.9 Å². The molecule has 0 aliphatic carbocycles. The monoisotopic (exact) mass is 408 g/mol. The highest BCUT2D eigenvalue weighted by molar-refractivity contribution is 6.06.